The predicted octanol–water partition coefficient (Wildman–Crippen LogP) is 4.92. The van der Waals surface area contributed by atoms with Crippen LogP contribution in [0.5, 0.6) is 5.75 Å². The summed E-state index contributed by atoms with van der Waals surface area (Å²) < 4.78 is 5.75. The van der Waals surface area contributed by atoms with Crippen LogP contribution < -0.4 is 10.1 Å². The lowest BCUT2D eigenvalue weighted by molar-refractivity contribution is -0.117. The first-order chi connectivity index (χ1) is 15.1. The summed E-state index contributed by atoms with van der Waals surface area (Å²) in [5.41, 5.74) is 3.09. The number of hydrogen-bond acceptors (Lipinski definition) is 4. The second-order valence-electron chi connectivity index (χ2n) is 6.90. The van der Waals surface area contributed by atoms with E-state index >= 15 is 0 Å². The van der Waals surface area contributed by atoms with Gasteiger partial charge in [-0.2, -0.15) is 10.5 Å². The minimum absolute atomic E-state index is 0.0272. The number of carbonyl (C=O) groups excluding carboxylic acids is 1. The second-order valence-corrected chi connectivity index (χ2v) is 6.90. The van der Waals surface area contributed by atoms with E-state index in [1.165, 1.54) is 0 Å². The lowest BCUT2D eigenvalue weighted by Gasteiger charge is -2.13. The third-order valence-corrected chi connectivity index (χ3v) is 4.74. The summed E-state index contributed by atoms with van der Waals surface area (Å²) in [5.74, 6) is 0.206. The van der Waals surface area contributed by atoms with Crippen LogP contribution >= 0.6 is 0 Å². The fourth-order valence-electron chi connectivity index (χ4n) is 2.99. The maximum Gasteiger partial charge on any atom is 0.262 e. The monoisotopic (exact) mass is 407 g/mol. The van der Waals surface area contributed by atoms with Crippen LogP contribution in [-0.2, 0) is 11.4 Å². The van der Waals surface area contributed by atoms with Crippen LogP contribution in [0.3, 0.4) is 0 Å². The molecular weight excluding hydrogens is 386 g/mol. The van der Waals surface area contributed by atoms with Crippen LogP contribution in [0.4, 0.5) is 0 Å². The van der Waals surface area contributed by atoms with Gasteiger partial charge in [0, 0.05) is 5.56 Å². The number of rotatable bonds is 7. The van der Waals surface area contributed by atoms with Crippen molar-refractivity contribution in [2.24, 2.45) is 0 Å². The minimum Gasteiger partial charge on any atom is -0.489 e. The van der Waals surface area contributed by atoms with Gasteiger partial charge in [-0.3, -0.25) is 4.79 Å². The summed E-state index contributed by atoms with van der Waals surface area (Å²) in [5, 5.41) is 21.4. The number of nitrogens with zero attached hydrogens (tertiary/aromatic N) is 2. The summed E-state index contributed by atoms with van der Waals surface area (Å²) in [6.07, 6.45) is 1.54. The zero-order valence-electron chi connectivity index (χ0n) is 17.1. The third-order valence-electron chi connectivity index (χ3n) is 4.74. The van der Waals surface area contributed by atoms with Gasteiger partial charge in [-0.05, 0) is 42.3 Å². The number of nitriles is 2. The van der Waals surface area contributed by atoms with Gasteiger partial charge in [-0.1, -0.05) is 60.7 Å². The van der Waals surface area contributed by atoms with Gasteiger partial charge in [-0.15, -0.1) is 0 Å². The third kappa shape index (κ3) is 5.82. The number of benzene rings is 3. The Morgan fingerprint density at radius 3 is 2.35 bits per heavy atom. The van der Waals surface area contributed by atoms with Crippen molar-refractivity contribution in [3.8, 4) is 17.9 Å². The van der Waals surface area contributed by atoms with Crippen LogP contribution in [0, 0.1) is 22.7 Å². The highest BCUT2D eigenvalue weighted by Gasteiger charge is 2.13. The molecule has 0 radical (unpaired) electrons. The molecule has 0 saturated carbocycles. The lowest BCUT2D eigenvalue weighted by atomic mass is 10.1. The molecule has 0 aliphatic heterocycles. The van der Waals surface area contributed by atoms with Gasteiger partial charge in [0.05, 0.1) is 17.7 Å². The molecule has 0 aliphatic carbocycles. The van der Waals surface area contributed by atoms with Crippen molar-refractivity contribution in [3.05, 3.63) is 107 Å². The molecule has 0 heterocycles. The predicted molar refractivity (Wildman–Crippen MR) is 119 cm³/mol. The van der Waals surface area contributed by atoms with E-state index in [0.717, 1.165) is 11.1 Å². The van der Waals surface area contributed by atoms with E-state index in [-0.39, 0.29) is 18.2 Å². The van der Waals surface area contributed by atoms with Gasteiger partial charge in [0.1, 0.15) is 24.0 Å². The van der Waals surface area contributed by atoms with Gasteiger partial charge >= 0.3 is 0 Å². The topological polar surface area (TPSA) is 85.9 Å². The Balaban J connectivity index is 1.64. The minimum atomic E-state index is -0.424. The summed E-state index contributed by atoms with van der Waals surface area (Å²) in [7, 11) is 0. The fourth-order valence-corrected chi connectivity index (χ4v) is 2.99. The van der Waals surface area contributed by atoms with Crippen molar-refractivity contribution in [2.75, 3.05) is 0 Å². The molecule has 3 rings (SSSR count). The first kappa shape index (κ1) is 21.4. The molecule has 5 heteroatoms. The van der Waals surface area contributed by atoms with Gasteiger partial charge in [-0.25, -0.2) is 0 Å². The SMILES string of the molecule is C[C@@H](NC(=O)/C(C#N)=C/c1ccc(OCc2ccccc2C#N)cc1)c1ccccc1. The van der Waals surface area contributed by atoms with E-state index in [9.17, 15) is 10.1 Å². The van der Waals surface area contributed by atoms with E-state index in [1.54, 1.807) is 36.4 Å². The van der Waals surface area contributed by atoms with Crippen molar-refractivity contribution in [1.29, 1.82) is 10.5 Å². The number of amides is 1. The number of ether oxygens (including phenoxy) is 1. The van der Waals surface area contributed by atoms with E-state index in [0.29, 0.717) is 16.9 Å². The Bertz CT molecular complexity index is 1150. The molecular formula is C26H21N3O2. The molecule has 1 amide bonds. The molecule has 31 heavy (non-hydrogen) atoms. The van der Waals surface area contributed by atoms with Gasteiger partial charge < -0.3 is 10.1 Å². The molecule has 152 valence electrons. The number of carbonyl (C=O) groups is 1. The average molecular weight is 407 g/mol. The van der Waals surface area contributed by atoms with Crippen LogP contribution in [0.15, 0.2) is 84.4 Å². The quantitative estimate of drug-likeness (QED) is 0.445. The normalized spacial score (nSPS) is 11.6. The molecule has 3 aromatic rings. The zero-order chi connectivity index (χ0) is 22.1. The summed E-state index contributed by atoms with van der Waals surface area (Å²) in [4.78, 5) is 12.5. The highest BCUT2D eigenvalue weighted by molar-refractivity contribution is 6.01. The number of hydrogen-bond donors (Lipinski definition) is 1. The molecule has 0 spiro atoms. The average Bonchev–Trinajstić information content (AvgIpc) is 2.82. The molecule has 1 N–H and O–H groups in total. The molecule has 0 aliphatic rings. The molecule has 3 aromatic carbocycles. The fraction of sp³-hybridized carbons (Fsp3) is 0.115. The van der Waals surface area contributed by atoms with Crippen LogP contribution in [0.25, 0.3) is 6.08 Å². The molecule has 5 nitrogen and oxygen atoms in total. The van der Waals surface area contributed by atoms with E-state index in [2.05, 4.69) is 11.4 Å². The van der Waals surface area contributed by atoms with Crippen LogP contribution in [0.2, 0.25) is 0 Å². The Hall–Kier alpha value is -4.35. The summed E-state index contributed by atoms with van der Waals surface area (Å²) in [6.45, 7) is 2.15. The molecule has 0 unspecified atom stereocenters. The Morgan fingerprint density at radius 1 is 1.00 bits per heavy atom. The highest BCUT2D eigenvalue weighted by atomic mass is 16.5. The van der Waals surface area contributed by atoms with Crippen molar-refractivity contribution in [2.45, 2.75) is 19.6 Å². The second kappa shape index (κ2) is 10.4. The van der Waals surface area contributed by atoms with Crippen molar-refractivity contribution in [1.82, 2.24) is 5.32 Å². The Morgan fingerprint density at radius 2 is 1.68 bits per heavy atom. The lowest BCUT2D eigenvalue weighted by Crippen LogP contribution is -2.27. The first-order valence-electron chi connectivity index (χ1n) is 9.79. The smallest absolute Gasteiger partial charge is 0.262 e. The summed E-state index contributed by atoms with van der Waals surface area (Å²) >= 11 is 0. The highest BCUT2D eigenvalue weighted by Crippen LogP contribution is 2.18. The molecule has 0 saturated heterocycles. The van der Waals surface area contributed by atoms with Gasteiger partial charge in [0.25, 0.3) is 5.91 Å². The molecule has 1 atom stereocenters. The maximum atomic E-state index is 12.5. The largest absolute Gasteiger partial charge is 0.489 e. The Labute approximate surface area is 181 Å². The van der Waals surface area contributed by atoms with Crippen LogP contribution in [-0.4, -0.2) is 5.91 Å². The van der Waals surface area contributed by atoms with Crippen molar-refractivity contribution >= 4 is 12.0 Å². The number of nitrogens with one attached hydrogen (secondary N) is 1. The first-order valence-corrected chi connectivity index (χ1v) is 9.79. The standard InChI is InChI=1S/C26H21N3O2/c1-19(21-7-3-2-4-8-21)29-26(30)24(17-28)15-20-11-13-25(14-12-20)31-18-23-10-6-5-9-22(23)16-27/h2-15,19H,18H2,1H3,(H,29,30)/b24-15+/t19-/m1/s1. The zero-order valence-corrected chi connectivity index (χ0v) is 17.1. The molecule has 0 fully saturated rings. The van der Waals surface area contributed by atoms with Crippen molar-refractivity contribution < 1.29 is 9.53 Å². The van der Waals surface area contributed by atoms with E-state index in [1.807, 2.05) is 61.5 Å². The van der Waals surface area contributed by atoms with Gasteiger partial charge in [0.15, 0.2) is 0 Å². The summed E-state index contributed by atoms with van der Waals surface area (Å²) in [6, 6.07) is 27.8. The Kier molecular flexibility index (Phi) is 7.19. The van der Waals surface area contributed by atoms with E-state index < -0.39 is 5.91 Å². The van der Waals surface area contributed by atoms with Crippen LogP contribution in [0.1, 0.15) is 35.2 Å². The van der Waals surface area contributed by atoms with E-state index in [4.69, 9.17) is 10.00 Å². The van der Waals surface area contributed by atoms with Gasteiger partial charge in [0.2, 0.25) is 0 Å². The van der Waals surface area contributed by atoms with Crippen molar-refractivity contribution in [3.63, 3.8) is 0 Å². The molecule has 0 bridgehead atoms. The maximum absolute atomic E-state index is 12.5. The molecule has 0 aromatic heterocycles.